The standard InChI is InChI=1S/C25H24N4O3/c1-15-6-8-18(9-7-15)13-29(14-19-10-11-21(32-19)24(26)30)25(31)22-16(2)17(3)28-20-5-4-12-27-23(20)22/h4-12H,13-14H2,1-3H3,(H2,26,30). The van der Waals surface area contributed by atoms with E-state index >= 15 is 0 Å². The maximum atomic E-state index is 13.9. The van der Waals surface area contributed by atoms with Crippen LogP contribution in [0.5, 0.6) is 0 Å². The Morgan fingerprint density at radius 3 is 2.44 bits per heavy atom. The maximum Gasteiger partial charge on any atom is 0.284 e. The highest BCUT2D eigenvalue weighted by molar-refractivity contribution is 6.06. The van der Waals surface area contributed by atoms with Crippen LogP contribution in [0.2, 0.25) is 0 Å². The predicted molar refractivity (Wildman–Crippen MR) is 121 cm³/mol. The average Bonchev–Trinajstić information content (AvgIpc) is 3.24. The van der Waals surface area contributed by atoms with Gasteiger partial charge >= 0.3 is 0 Å². The van der Waals surface area contributed by atoms with Crippen molar-refractivity contribution in [2.75, 3.05) is 0 Å². The lowest BCUT2D eigenvalue weighted by molar-refractivity contribution is 0.0717. The number of primary amides is 1. The van der Waals surface area contributed by atoms with Gasteiger partial charge in [0.2, 0.25) is 0 Å². The number of aryl methyl sites for hydroxylation is 2. The number of carbonyl (C=O) groups is 2. The van der Waals surface area contributed by atoms with E-state index in [-0.39, 0.29) is 18.2 Å². The van der Waals surface area contributed by atoms with E-state index in [1.54, 1.807) is 23.2 Å². The fraction of sp³-hybridized carbons (Fsp3) is 0.200. The second kappa shape index (κ2) is 8.63. The van der Waals surface area contributed by atoms with E-state index < -0.39 is 5.91 Å². The number of hydrogen-bond acceptors (Lipinski definition) is 5. The van der Waals surface area contributed by atoms with Crippen molar-refractivity contribution in [3.05, 3.63) is 94.2 Å². The van der Waals surface area contributed by atoms with Gasteiger partial charge in [-0.1, -0.05) is 29.8 Å². The molecule has 0 spiro atoms. The van der Waals surface area contributed by atoms with Gasteiger partial charge in [-0.3, -0.25) is 19.6 Å². The van der Waals surface area contributed by atoms with Gasteiger partial charge in [-0.05, 0) is 56.2 Å². The van der Waals surface area contributed by atoms with Crippen LogP contribution in [0.15, 0.2) is 59.1 Å². The van der Waals surface area contributed by atoms with Crippen LogP contribution in [-0.4, -0.2) is 26.7 Å². The van der Waals surface area contributed by atoms with Gasteiger partial charge in [0.15, 0.2) is 5.76 Å². The summed E-state index contributed by atoms with van der Waals surface area (Å²) in [6, 6.07) is 14.8. The van der Waals surface area contributed by atoms with E-state index in [1.807, 2.05) is 51.1 Å². The van der Waals surface area contributed by atoms with E-state index in [4.69, 9.17) is 10.2 Å². The van der Waals surface area contributed by atoms with Crippen LogP contribution in [0, 0.1) is 20.8 Å². The molecule has 0 atom stereocenters. The van der Waals surface area contributed by atoms with Gasteiger partial charge in [0.05, 0.1) is 17.6 Å². The van der Waals surface area contributed by atoms with E-state index in [1.165, 1.54) is 6.07 Å². The minimum Gasteiger partial charge on any atom is -0.454 e. The molecule has 0 unspecified atom stereocenters. The Bertz CT molecular complexity index is 1310. The monoisotopic (exact) mass is 428 g/mol. The summed E-state index contributed by atoms with van der Waals surface area (Å²) in [6.45, 7) is 6.32. The number of furan rings is 1. The van der Waals surface area contributed by atoms with Gasteiger partial charge in [-0.2, -0.15) is 0 Å². The number of nitrogens with two attached hydrogens (primary N) is 1. The molecule has 7 heteroatoms. The Hall–Kier alpha value is -4.00. The molecule has 3 heterocycles. The second-order valence-electron chi connectivity index (χ2n) is 7.85. The van der Waals surface area contributed by atoms with Crippen LogP contribution in [0.25, 0.3) is 11.0 Å². The number of aromatic nitrogens is 2. The highest BCUT2D eigenvalue weighted by Gasteiger charge is 2.24. The first-order chi connectivity index (χ1) is 15.3. The van der Waals surface area contributed by atoms with Crippen molar-refractivity contribution in [2.45, 2.75) is 33.9 Å². The van der Waals surface area contributed by atoms with Crippen molar-refractivity contribution in [1.29, 1.82) is 0 Å². The number of rotatable bonds is 6. The van der Waals surface area contributed by atoms with Gasteiger partial charge in [0.25, 0.3) is 11.8 Å². The number of carbonyl (C=O) groups excluding carboxylic acids is 2. The molecule has 0 aliphatic rings. The van der Waals surface area contributed by atoms with Crippen molar-refractivity contribution in [3.8, 4) is 0 Å². The van der Waals surface area contributed by atoms with Crippen molar-refractivity contribution in [3.63, 3.8) is 0 Å². The molecular weight excluding hydrogens is 404 g/mol. The molecule has 0 aliphatic heterocycles. The molecule has 0 aliphatic carbocycles. The summed E-state index contributed by atoms with van der Waals surface area (Å²) in [7, 11) is 0. The Kier molecular flexibility index (Phi) is 5.73. The molecule has 7 nitrogen and oxygen atoms in total. The Morgan fingerprint density at radius 2 is 1.75 bits per heavy atom. The Labute approximate surface area is 185 Å². The largest absolute Gasteiger partial charge is 0.454 e. The average molecular weight is 428 g/mol. The van der Waals surface area contributed by atoms with E-state index in [0.717, 1.165) is 22.4 Å². The smallest absolute Gasteiger partial charge is 0.284 e. The lowest BCUT2D eigenvalue weighted by Crippen LogP contribution is -2.31. The van der Waals surface area contributed by atoms with Gasteiger partial charge in [-0.25, -0.2) is 0 Å². The zero-order valence-corrected chi connectivity index (χ0v) is 18.3. The first-order valence-electron chi connectivity index (χ1n) is 10.3. The van der Waals surface area contributed by atoms with E-state index in [9.17, 15) is 9.59 Å². The summed E-state index contributed by atoms with van der Waals surface area (Å²) in [5.41, 5.74) is 10.7. The first-order valence-corrected chi connectivity index (χ1v) is 10.3. The summed E-state index contributed by atoms with van der Waals surface area (Å²) in [4.78, 5) is 36.0. The molecule has 0 bridgehead atoms. The molecule has 1 aromatic carbocycles. The zero-order valence-electron chi connectivity index (χ0n) is 18.3. The summed E-state index contributed by atoms with van der Waals surface area (Å²) in [5.74, 6) is -0.302. The molecule has 4 aromatic rings. The van der Waals surface area contributed by atoms with Crippen LogP contribution < -0.4 is 5.73 Å². The molecule has 0 saturated carbocycles. The lowest BCUT2D eigenvalue weighted by atomic mass is 10.0. The Balaban J connectivity index is 1.77. The zero-order chi connectivity index (χ0) is 22.8. The van der Waals surface area contributed by atoms with Crippen LogP contribution >= 0.6 is 0 Å². The molecule has 4 rings (SSSR count). The van der Waals surface area contributed by atoms with E-state index in [2.05, 4.69) is 9.97 Å². The quantitative estimate of drug-likeness (QED) is 0.498. The van der Waals surface area contributed by atoms with Crippen LogP contribution in [-0.2, 0) is 13.1 Å². The predicted octanol–water partition coefficient (Wildman–Crippen LogP) is 4.09. The van der Waals surface area contributed by atoms with Crippen molar-refractivity contribution >= 4 is 22.8 Å². The van der Waals surface area contributed by atoms with Crippen molar-refractivity contribution < 1.29 is 14.0 Å². The lowest BCUT2D eigenvalue weighted by Gasteiger charge is -2.24. The van der Waals surface area contributed by atoms with Gasteiger partial charge in [-0.15, -0.1) is 0 Å². The molecule has 0 radical (unpaired) electrons. The summed E-state index contributed by atoms with van der Waals surface area (Å²) < 4.78 is 5.56. The number of hydrogen-bond donors (Lipinski definition) is 1. The summed E-state index contributed by atoms with van der Waals surface area (Å²) >= 11 is 0. The van der Waals surface area contributed by atoms with Crippen molar-refractivity contribution in [1.82, 2.24) is 14.9 Å². The summed E-state index contributed by atoms with van der Waals surface area (Å²) in [6.07, 6.45) is 1.66. The fourth-order valence-corrected chi connectivity index (χ4v) is 3.62. The maximum absolute atomic E-state index is 13.9. The minimum atomic E-state index is -0.650. The van der Waals surface area contributed by atoms with Crippen LogP contribution in [0.1, 0.15) is 49.1 Å². The SMILES string of the molecule is Cc1ccc(CN(Cc2ccc(C(N)=O)o2)C(=O)c2c(C)c(C)nc3cccnc23)cc1. The van der Waals surface area contributed by atoms with Gasteiger partial charge in [0.1, 0.15) is 11.3 Å². The van der Waals surface area contributed by atoms with E-state index in [0.29, 0.717) is 28.9 Å². The van der Waals surface area contributed by atoms with Gasteiger partial charge in [0, 0.05) is 18.4 Å². The Morgan fingerprint density at radius 1 is 1.00 bits per heavy atom. The third kappa shape index (κ3) is 4.23. The molecule has 2 N–H and O–H groups in total. The van der Waals surface area contributed by atoms with Gasteiger partial charge < -0.3 is 15.1 Å². The molecule has 162 valence electrons. The van der Waals surface area contributed by atoms with Crippen LogP contribution in [0.3, 0.4) is 0 Å². The highest BCUT2D eigenvalue weighted by Crippen LogP contribution is 2.25. The third-order valence-electron chi connectivity index (χ3n) is 5.48. The molecule has 0 saturated heterocycles. The fourth-order valence-electron chi connectivity index (χ4n) is 3.62. The normalized spacial score (nSPS) is 11.0. The third-order valence-corrected chi connectivity index (χ3v) is 5.48. The number of amides is 2. The minimum absolute atomic E-state index is 0.0609. The first kappa shape index (κ1) is 21.2. The molecule has 0 fully saturated rings. The number of nitrogens with zero attached hydrogens (tertiary/aromatic N) is 3. The number of fused-ring (bicyclic) bond motifs is 1. The topological polar surface area (TPSA) is 102 Å². The second-order valence-corrected chi connectivity index (χ2v) is 7.85. The number of benzene rings is 1. The molecule has 3 aromatic heterocycles. The van der Waals surface area contributed by atoms with Crippen molar-refractivity contribution in [2.24, 2.45) is 5.73 Å². The summed E-state index contributed by atoms with van der Waals surface area (Å²) in [5, 5.41) is 0. The highest BCUT2D eigenvalue weighted by atomic mass is 16.4. The number of pyridine rings is 2. The molecule has 2 amide bonds. The molecule has 32 heavy (non-hydrogen) atoms. The van der Waals surface area contributed by atoms with Crippen LogP contribution in [0.4, 0.5) is 0 Å². The molecular formula is C25H24N4O3.